The van der Waals surface area contributed by atoms with Crippen LogP contribution in [0.4, 0.5) is 0 Å². The third kappa shape index (κ3) is 3.41. The fourth-order valence-corrected chi connectivity index (χ4v) is 3.25. The van der Waals surface area contributed by atoms with E-state index in [2.05, 4.69) is 41.9 Å². The number of rotatable bonds is 8. The summed E-state index contributed by atoms with van der Waals surface area (Å²) >= 11 is 0. The quantitative estimate of drug-likeness (QED) is 0.794. The van der Waals surface area contributed by atoms with E-state index < -0.39 is 0 Å². The van der Waals surface area contributed by atoms with Crippen molar-refractivity contribution in [1.29, 1.82) is 0 Å². The number of ether oxygens (including phenoxy) is 1. The smallest absolute Gasteiger partial charge is 0.0620 e. The van der Waals surface area contributed by atoms with E-state index >= 15 is 0 Å². The molecule has 1 aromatic rings. The number of nitrogens with one attached hydrogen (secondary N) is 1. The fourth-order valence-electron chi connectivity index (χ4n) is 3.25. The van der Waals surface area contributed by atoms with Crippen LogP contribution in [0.15, 0.2) is 12.3 Å². The summed E-state index contributed by atoms with van der Waals surface area (Å²) in [5, 5.41) is 8.23. The molecule has 0 aliphatic carbocycles. The van der Waals surface area contributed by atoms with Gasteiger partial charge in [-0.2, -0.15) is 5.10 Å². The Morgan fingerprint density at radius 2 is 2.25 bits per heavy atom. The third-order valence-corrected chi connectivity index (χ3v) is 4.21. The van der Waals surface area contributed by atoms with Crippen molar-refractivity contribution >= 4 is 0 Å². The van der Waals surface area contributed by atoms with E-state index in [4.69, 9.17) is 4.74 Å². The van der Waals surface area contributed by atoms with Gasteiger partial charge in [0.2, 0.25) is 0 Å². The molecule has 1 fully saturated rings. The Balaban J connectivity index is 2.19. The molecule has 4 heteroatoms. The van der Waals surface area contributed by atoms with E-state index in [1.807, 2.05) is 6.20 Å². The highest BCUT2D eigenvalue weighted by Gasteiger charge is 2.35. The molecule has 20 heavy (non-hydrogen) atoms. The van der Waals surface area contributed by atoms with Crippen molar-refractivity contribution in [1.82, 2.24) is 15.1 Å². The predicted molar refractivity (Wildman–Crippen MR) is 81.7 cm³/mol. The van der Waals surface area contributed by atoms with Gasteiger partial charge in [0.05, 0.1) is 17.8 Å². The minimum atomic E-state index is 0.372. The lowest BCUT2D eigenvalue weighted by atomic mass is 9.89. The van der Waals surface area contributed by atoms with Gasteiger partial charge in [0, 0.05) is 25.3 Å². The molecule has 4 nitrogen and oxygen atoms in total. The van der Waals surface area contributed by atoms with Gasteiger partial charge in [-0.25, -0.2) is 0 Å². The molecular weight excluding hydrogens is 250 g/mol. The molecule has 0 saturated carbocycles. The highest BCUT2D eigenvalue weighted by molar-refractivity contribution is 5.10. The van der Waals surface area contributed by atoms with Gasteiger partial charge in [-0.3, -0.25) is 4.68 Å². The maximum Gasteiger partial charge on any atom is 0.0620 e. The van der Waals surface area contributed by atoms with Crippen LogP contribution in [0.2, 0.25) is 0 Å². The van der Waals surface area contributed by atoms with E-state index in [9.17, 15) is 0 Å². The number of hydrogen-bond donors (Lipinski definition) is 1. The Morgan fingerprint density at radius 1 is 1.40 bits per heavy atom. The van der Waals surface area contributed by atoms with Crippen molar-refractivity contribution < 1.29 is 4.74 Å². The lowest BCUT2D eigenvalue weighted by Crippen LogP contribution is -2.35. The molecule has 0 bridgehead atoms. The van der Waals surface area contributed by atoms with Gasteiger partial charge in [0.25, 0.3) is 0 Å². The topological polar surface area (TPSA) is 39.1 Å². The lowest BCUT2D eigenvalue weighted by Gasteiger charge is -2.28. The van der Waals surface area contributed by atoms with Crippen LogP contribution >= 0.6 is 0 Å². The molecule has 0 spiro atoms. The van der Waals surface area contributed by atoms with Crippen LogP contribution < -0.4 is 5.32 Å². The lowest BCUT2D eigenvalue weighted by molar-refractivity contribution is 0.0763. The van der Waals surface area contributed by atoms with Crippen molar-refractivity contribution in [3.8, 4) is 0 Å². The summed E-state index contributed by atoms with van der Waals surface area (Å²) in [7, 11) is 0. The Morgan fingerprint density at radius 3 is 2.95 bits per heavy atom. The average molecular weight is 279 g/mol. The number of nitrogens with zero attached hydrogens (tertiary/aromatic N) is 2. The van der Waals surface area contributed by atoms with Crippen LogP contribution in [0, 0.1) is 5.92 Å². The Hall–Kier alpha value is -0.870. The Kier molecular flexibility index (Phi) is 6.05. The molecule has 1 aromatic heterocycles. The molecule has 1 aliphatic heterocycles. The molecule has 3 atom stereocenters. The third-order valence-electron chi connectivity index (χ3n) is 4.21. The van der Waals surface area contributed by atoms with Crippen molar-refractivity contribution in [3.05, 3.63) is 18.0 Å². The van der Waals surface area contributed by atoms with Gasteiger partial charge < -0.3 is 10.1 Å². The summed E-state index contributed by atoms with van der Waals surface area (Å²) in [4.78, 5) is 0. The fraction of sp³-hybridized carbons (Fsp3) is 0.812. The molecule has 1 saturated heterocycles. The second kappa shape index (κ2) is 7.79. The largest absolute Gasteiger partial charge is 0.378 e. The maximum absolute atomic E-state index is 5.90. The van der Waals surface area contributed by atoms with Gasteiger partial charge in [-0.05, 0) is 38.3 Å². The van der Waals surface area contributed by atoms with Crippen molar-refractivity contribution in [2.75, 3.05) is 13.2 Å². The van der Waals surface area contributed by atoms with E-state index in [-0.39, 0.29) is 0 Å². The van der Waals surface area contributed by atoms with Crippen LogP contribution in [0.1, 0.15) is 58.2 Å². The summed E-state index contributed by atoms with van der Waals surface area (Å²) in [6.45, 7) is 9.59. The zero-order chi connectivity index (χ0) is 14.4. The Labute approximate surface area is 122 Å². The highest BCUT2D eigenvalue weighted by atomic mass is 16.5. The van der Waals surface area contributed by atoms with E-state index in [1.54, 1.807) is 0 Å². The second-order valence-corrected chi connectivity index (χ2v) is 5.68. The van der Waals surface area contributed by atoms with Gasteiger partial charge in [-0.15, -0.1) is 0 Å². The molecule has 0 aromatic carbocycles. The standard InChI is InChI=1S/C16H29N3O/c1-4-9-17-16(13-8-12-20-15(13)6-3)14-7-10-18-19(14)11-5-2/h7,10,13,15-17H,4-6,8-9,11-12H2,1-3H3. The van der Waals surface area contributed by atoms with Gasteiger partial charge in [0.1, 0.15) is 0 Å². The zero-order valence-electron chi connectivity index (χ0n) is 13.1. The molecule has 0 radical (unpaired) electrons. The molecular formula is C16H29N3O. The first-order valence-corrected chi connectivity index (χ1v) is 8.18. The first-order chi connectivity index (χ1) is 9.81. The summed E-state index contributed by atoms with van der Waals surface area (Å²) in [5.41, 5.74) is 1.33. The van der Waals surface area contributed by atoms with E-state index in [0.717, 1.165) is 45.4 Å². The van der Waals surface area contributed by atoms with Crippen LogP contribution in [0.25, 0.3) is 0 Å². The molecule has 1 aliphatic rings. The average Bonchev–Trinajstić information content (AvgIpc) is 3.09. The molecule has 3 unspecified atom stereocenters. The normalized spacial score (nSPS) is 24.1. The molecule has 0 amide bonds. The van der Waals surface area contributed by atoms with Crippen molar-refractivity contribution in [2.24, 2.45) is 5.92 Å². The second-order valence-electron chi connectivity index (χ2n) is 5.68. The SMILES string of the molecule is CCCNC(c1ccnn1CCC)C1CCOC1CC. The number of hydrogen-bond acceptors (Lipinski definition) is 3. The van der Waals surface area contributed by atoms with Crippen molar-refractivity contribution in [2.45, 2.75) is 65.1 Å². The van der Waals surface area contributed by atoms with Gasteiger partial charge in [0.15, 0.2) is 0 Å². The predicted octanol–water partition coefficient (Wildman–Crippen LogP) is 3.15. The minimum Gasteiger partial charge on any atom is -0.378 e. The van der Waals surface area contributed by atoms with E-state index in [0.29, 0.717) is 18.1 Å². The van der Waals surface area contributed by atoms with E-state index in [1.165, 1.54) is 5.69 Å². The number of aryl methyl sites for hydroxylation is 1. The Bertz CT molecular complexity index is 391. The van der Waals surface area contributed by atoms with Crippen LogP contribution in [0.3, 0.4) is 0 Å². The first kappa shape index (κ1) is 15.5. The molecule has 1 N–H and O–H groups in total. The van der Waals surface area contributed by atoms with Gasteiger partial charge in [-0.1, -0.05) is 20.8 Å². The summed E-state index contributed by atoms with van der Waals surface area (Å²) in [5.74, 6) is 0.568. The molecule has 114 valence electrons. The maximum atomic E-state index is 5.90. The first-order valence-electron chi connectivity index (χ1n) is 8.18. The van der Waals surface area contributed by atoms with Crippen LogP contribution in [-0.2, 0) is 11.3 Å². The van der Waals surface area contributed by atoms with Gasteiger partial charge >= 0.3 is 0 Å². The summed E-state index contributed by atoms with van der Waals surface area (Å²) in [6, 6.07) is 2.55. The molecule has 2 rings (SSSR count). The summed E-state index contributed by atoms with van der Waals surface area (Å²) in [6.07, 6.45) is 6.83. The molecule has 2 heterocycles. The minimum absolute atomic E-state index is 0.372. The van der Waals surface area contributed by atoms with Crippen LogP contribution in [0.5, 0.6) is 0 Å². The number of aromatic nitrogens is 2. The van der Waals surface area contributed by atoms with Crippen LogP contribution in [-0.4, -0.2) is 29.0 Å². The zero-order valence-corrected chi connectivity index (χ0v) is 13.1. The van der Waals surface area contributed by atoms with Crippen molar-refractivity contribution in [3.63, 3.8) is 0 Å². The summed E-state index contributed by atoms with van der Waals surface area (Å²) < 4.78 is 8.07. The highest BCUT2D eigenvalue weighted by Crippen LogP contribution is 2.34. The monoisotopic (exact) mass is 279 g/mol.